The van der Waals surface area contributed by atoms with E-state index in [4.69, 9.17) is 21.1 Å². The van der Waals surface area contributed by atoms with Crippen LogP contribution in [0.2, 0.25) is 5.02 Å². The molecule has 1 atom stereocenters. The topological polar surface area (TPSA) is 84.9 Å². The highest BCUT2D eigenvalue weighted by Crippen LogP contribution is 2.35. The predicted octanol–water partition coefficient (Wildman–Crippen LogP) is 3.37. The number of hydrogen-bond donors (Lipinski definition) is 1. The normalized spacial score (nSPS) is 16.8. The Balaban J connectivity index is 1.82. The summed E-state index contributed by atoms with van der Waals surface area (Å²) in [6, 6.07) is 13.7. The summed E-state index contributed by atoms with van der Waals surface area (Å²) in [7, 11) is -2.28. The summed E-state index contributed by atoms with van der Waals surface area (Å²) >= 11 is 6.20. The van der Waals surface area contributed by atoms with E-state index < -0.39 is 16.1 Å². The molecule has 1 aliphatic heterocycles. The van der Waals surface area contributed by atoms with Gasteiger partial charge < -0.3 is 14.8 Å². The molecule has 0 radical (unpaired) electrons. The lowest BCUT2D eigenvalue weighted by atomic mass is 9.74. The lowest BCUT2D eigenvalue weighted by molar-refractivity contribution is -0.122. The van der Waals surface area contributed by atoms with E-state index >= 15 is 0 Å². The molecule has 0 unspecified atom stereocenters. The number of benzene rings is 2. The van der Waals surface area contributed by atoms with Gasteiger partial charge in [0.25, 0.3) is 0 Å². The molecule has 1 heterocycles. The van der Waals surface area contributed by atoms with Crippen molar-refractivity contribution < 1.29 is 22.7 Å². The Morgan fingerprint density at radius 2 is 1.88 bits per heavy atom. The van der Waals surface area contributed by atoms with Gasteiger partial charge in [-0.2, -0.15) is 0 Å². The Bertz CT molecular complexity index is 1040. The van der Waals surface area contributed by atoms with Gasteiger partial charge in [0.15, 0.2) is 0 Å². The van der Waals surface area contributed by atoms with Crippen molar-refractivity contribution in [2.45, 2.75) is 31.2 Å². The Morgan fingerprint density at radius 1 is 1.22 bits per heavy atom. The molecule has 7 nitrogen and oxygen atoms in total. The molecular weight excluding hydrogens is 452 g/mol. The summed E-state index contributed by atoms with van der Waals surface area (Å²) in [5.41, 5.74) is 1.18. The van der Waals surface area contributed by atoms with Crippen LogP contribution in [0.25, 0.3) is 0 Å². The van der Waals surface area contributed by atoms with Crippen LogP contribution >= 0.6 is 11.6 Å². The SMILES string of the molecule is COc1ccc(N([C@H](C)C(=O)NCC2(c3ccccc3)CCOCC2)S(C)(=O)=O)cc1Cl. The van der Waals surface area contributed by atoms with Gasteiger partial charge in [0, 0.05) is 25.2 Å². The Labute approximate surface area is 194 Å². The maximum absolute atomic E-state index is 13.1. The zero-order valence-electron chi connectivity index (χ0n) is 18.5. The van der Waals surface area contributed by atoms with E-state index in [0.29, 0.717) is 31.2 Å². The predicted molar refractivity (Wildman–Crippen MR) is 126 cm³/mol. The van der Waals surface area contributed by atoms with Crippen LogP contribution in [0.3, 0.4) is 0 Å². The van der Waals surface area contributed by atoms with Crippen molar-refractivity contribution in [1.82, 2.24) is 5.32 Å². The zero-order chi connectivity index (χ0) is 23.4. The van der Waals surface area contributed by atoms with Crippen LogP contribution in [0.15, 0.2) is 48.5 Å². The number of methoxy groups -OCH3 is 1. The van der Waals surface area contributed by atoms with Gasteiger partial charge in [0.2, 0.25) is 15.9 Å². The first-order chi connectivity index (χ1) is 15.2. The Hall–Kier alpha value is -2.29. The highest BCUT2D eigenvalue weighted by atomic mass is 35.5. The van der Waals surface area contributed by atoms with Crippen LogP contribution < -0.4 is 14.4 Å². The molecule has 1 fully saturated rings. The van der Waals surface area contributed by atoms with Crippen LogP contribution in [-0.2, 0) is 25.0 Å². The monoisotopic (exact) mass is 480 g/mol. The first kappa shape index (κ1) is 24.4. The maximum Gasteiger partial charge on any atom is 0.243 e. The first-order valence-corrected chi connectivity index (χ1v) is 12.6. The van der Waals surface area contributed by atoms with E-state index in [-0.39, 0.29) is 16.3 Å². The lowest BCUT2D eigenvalue weighted by Gasteiger charge is -2.38. The third-order valence-corrected chi connectivity index (χ3v) is 7.45. The molecule has 0 saturated carbocycles. The van der Waals surface area contributed by atoms with Gasteiger partial charge in [-0.25, -0.2) is 8.42 Å². The number of hydrogen-bond acceptors (Lipinski definition) is 5. The van der Waals surface area contributed by atoms with Crippen molar-refractivity contribution in [3.63, 3.8) is 0 Å². The van der Waals surface area contributed by atoms with Crippen molar-refractivity contribution in [1.29, 1.82) is 0 Å². The molecule has 1 amide bonds. The maximum atomic E-state index is 13.1. The lowest BCUT2D eigenvalue weighted by Crippen LogP contribution is -2.51. The molecule has 0 aliphatic carbocycles. The molecule has 2 aromatic carbocycles. The summed E-state index contributed by atoms with van der Waals surface area (Å²) in [5.74, 6) is 0.0365. The van der Waals surface area contributed by atoms with E-state index in [9.17, 15) is 13.2 Å². The number of amides is 1. The molecule has 1 N–H and O–H groups in total. The summed E-state index contributed by atoms with van der Waals surface area (Å²) in [5, 5.41) is 3.25. The number of carbonyl (C=O) groups is 1. The number of nitrogens with zero attached hydrogens (tertiary/aromatic N) is 1. The van der Waals surface area contributed by atoms with Gasteiger partial charge in [-0.15, -0.1) is 0 Å². The number of halogens is 1. The third kappa shape index (κ3) is 5.36. The summed E-state index contributed by atoms with van der Waals surface area (Å²) in [6.07, 6.45) is 2.62. The molecule has 174 valence electrons. The molecule has 32 heavy (non-hydrogen) atoms. The fraction of sp³-hybridized carbons (Fsp3) is 0.435. The summed E-state index contributed by atoms with van der Waals surface area (Å²) < 4.78 is 36.9. The van der Waals surface area contributed by atoms with Gasteiger partial charge in [-0.3, -0.25) is 9.10 Å². The first-order valence-electron chi connectivity index (χ1n) is 10.4. The van der Waals surface area contributed by atoms with E-state index in [1.165, 1.54) is 13.2 Å². The van der Waals surface area contributed by atoms with Gasteiger partial charge in [-0.05, 0) is 43.5 Å². The van der Waals surface area contributed by atoms with E-state index in [2.05, 4.69) is 17.4 Å². The van der Waals surface area contributed by atoms with Gasteiger partial charge in [-0.1, -0.05) is 41.9 Å². The minimum Gasteiger partial charge on any atom is -0.495 e. The number of anilines is 1. The Morgan fingerprint density at radius 3 is 2.44 bits per heavy atom. The molecule has 9 heteroatoms. The highest BCUT2D eigenvalue weighted by Gasteiger charge is 2.36. The second-order valence-electron chi connectivity index (χ2n) is 8.03. The fourth-order valence-electron chi connectivity index (χ4n) is 4.13. The molecular formula is C23H29ClN2O5S. The van der Waals surface area contributed by atoms with Crippen LogP contribution in [0.1, 0.15) is 25.3 Å². The minimum absolute atomic E-state index is 0.256. The van der Waals surface area contributed by atoms with Crippen molar-refractivity contribution in [3.8, 4) is 5.75 Å². The number of rotatable bonds is 8. The van der Waals surface area contributed by atoms with E-state index in [1.54, 1.807) is 19.1 Å². The van der Waals surface area contributed by atoms with Gasteiger partial charge in [0.1, 0.15) is 11.8 Å². The molecule has 0 bridgehead atoms. The highest BCUT2D eigenvalue weighted by molar-refractivity contribution is 7.92. The van der Waals surface area contributed by atoms with Crippen molar-refractivity contribution >= 4 is 33.2 Å². The molecule has 3 rings (SSSR count). The quantitative estimate of drug-likeness (QED) is 0.626. The average molecular weight is 481 g/mol. The summed E-state index contributed by atoms with van der Waals surface area (Å²) in [6.45, 7) is 3.18. The Kier molecular flexibility index (Phi) is 7.69. The summed E-state index contributed by atoms with van der Waals surface area (Å²) in [4.78, 5) is 13.1. The average Bonchev–Trinajstić information content (AvgIpc) is 2.78. The van der Waals surface area contributed by atoms with Crippen molar-refractivity contribution in [2.75, 3.05) is 37.4 Å². The van der Waals surface area contributed by atoms with E-state index in [0.717, 1.165) is 29.0 Å². The zero-order valence-corrected chi connectivity index (χ0v) is 20.1. The second kappa shape index (κ2) is 10.1. The van der Waals surface area contributed by atoms with Crippen molar-refractivity contribution in [3.05, 3.63) is 59.1 Å². The smallest absolute Gasteiger partial charge is 0.243 e. The van der Waals surface area contributed by atoms with Crippen LogP contribution in [0.4, 0.5) is 5.69 Å². The van der Waals surface area contributed by atoms with Crippen molar-refractivity contribution in [2.24, 2.45) is 0 Å². The molecule has 2 aromatic rings. The third-order valence-electron chi connectivity index (χ3n) is 5.92. The number of sulfonamides is 1. The largest absolute Gasteiger partial charge is 0.495 e. The fourth-order valence-corrected chi connectivity index (χ4v) is 5.55. The number of nitrogens with one attached hydrogen (secondary N) is 1. The second-order valence-corrected chi connectivity index (χ2v) is 10.3. The van der Waals surface area contributed by atoms with Crippen LogP contribution in [-0.4, -0.2) is 53.5 Å². The molecule has 0 aromatic heterocycles. The standard InChI is InChI=1S/C23H29ClN2O5S/c1-17(26(32(3,28)29)19-9-10-21(30-2)20(24)15-19)22(27)25-16-23(11-13-31-14-12-23)18-7-5-4-6-8-18/h4-10,15,17H,11-14,16H2,1-3H3,(H,25,27)/t17-/m1/s1. The van der Waals surface area contributed by atoms with Gasteiger partial charge in [0.05, 0.1) is 24.1 Å². The molecule has 0 spiro atoms. The number of ether oxygens (including phenoxy) is 2. The molecule has 1 saturated heterocycles. The van der Waals surface area contributed by atoms with E-state index in [1.807, 2.05) is 18.2 Å². The van der Waals surface area contributed by atoms with Crippen LogP contribution in [0, 0.1) is 0 Å². The minimum atomic E-state index is -3.76. The van der Waals surface area contributed by atoms with Crippen LogP contribution in [0.5, 0.6) is 5.75 Å². The van der Waals surface area contributed by atoms with Gasteiger partial charge >= 0.3 is 0 Å². The number of carbonyl (C=O) groups excluding carboxylic acids is 1. The molecule has 1 aliphatic rings.